The number of hydrogen-bond acceptors (Lipinski definition) is 3. The van der Waals surface area contributed by atoms with E-state index in [-0.39, 0.29) is 5.25 Å². The largest absolute Gasteiger partial charge is 0.261 e. The summed E-state index contributed by atoms with van der Waals surface area (Å²) in [7, 11) is -3.08. The highest BCUT2D eigenvalue weighted by Gasteiger charge is 2.36. The van der Waals surface area contributed by atoms with Crippen molar-refractivity contribution in [3.8, 4) is 0 Å². The van der Waals surface area contributed by atoms with E-state index >= 15 is 0 Å². The van der Waals surface area contributed by atoms with Crippen molar-refractivity contribution in [2.24, 2.45) is 5.92 Å². The van der Waals surface area contributed by atoms with Gasteiger partial charge in [-0.25, -0.2) is 12.7 Å². The molecule has 4 nitrogen and oxygen atoms in total. The zero-order valence-corrected chi connectivity index (χ0v) is 14.2. The van der Waals surface area contributed by atoms with E-state index in [0.29, 0.717) is 19.0 Å². The number of aryl methyl sites for hydroxylation is 1. The second-order valence-electron chi connectivity index (χ2n) is 6.83. The molecule has 3 rings (SSSR count). The third-order valence-corrected chi connectivity index (χ3v) is 7.43. The summed E-state index contributed by atoms with van der Waals surface area (Å²) in [6, 6.07) is 4.15. The monoisotopic (exact) mass is 322 g/mol. The summed E-state index contributed by atoms with van der Waals surface area (Å²) in [6.07, 6.45) is 8.80. The topological polar surface area (TPSA) is 50.3 Å². The Morgan fingerprint density at radius 1 is 1.18 bits per heavy atom. The minimum atomic E-state index is -3.08. The van der Waals surface area contributed by atoms with Crippen LogP contribution in [0.25, 0.3) is 0 Å². The first-order chi connectivity index (χ1) is 10.6. The van der Waals surface area contributed by atoms with E-state index in [2.05, 4.69) is 11.1 Å². The van der Waals surface area contributed by atoms with Crippen molar-refractivity contribution in [1.82, 2.24) is 9.29 Å². The molecule has 1 aliphatic heterocycles. The van der Waals surface area contributed by atoms with Gasteiger partial charge in [0.15, 0.2) is 0 Å². The van der Waals surface area contributed by atoms with E-state index in [9.17, 15) is 8.42 Å². The fourth-order valence-electron chi connectivity index (χ4n) is 3.77. The second-order valence-corrected chi connectivity index (χ2v) is 9.04. The normalized spacial score (nSPS) is 24.7. The van der Waals surface area contributed by atoms with Crippen molar-refractivity contribution in [2.75, 3.05) is 13.1 Å². The van der Waals surface area contributed by atoms with E-state index in [0.717, 1.165) is 50.6 Å². The molecule has 2 heterocycles. The van der Waals surface area contributed by atoms with Crippen molar-refractivity contribution in [3.63, 3.8) is 0 Å². The molecule has 122 valence electrons. The predicted octanol–water partition coefficient (Wildman–Crippen LogP) is 2.92. The minimum Gasteiger partial charge on any atom is -0.261 e. The summed E-state index contributed by atoms with van der Waals surface area (Å²) < 4.78 is 27.3. The smallest absolute Gasteiger partial charge is 0.216 e. The summed E-state index contributed by atoms with van der Waals surface area (Å²) >= 11 is 0. The van der Waals surface area contributed by atoms with Gasteiger partial charge in [0.05, 0.1) is 5.25 Å². The van der Waals surface area contributed by atoms with E-state index in [1.165, 1.54) is 5.56 Å². The Morgan fingerprint density at radius 3 is 2.64 bits per heavy atom. The third kappa shape index (κ3) is 3.51. The number of sulfonamides is 1. The van der Waals surface area contributed by atoms with Crippen LogP contribution in [0.1, 0.15) is 49.8 Å². The zero-order valence-electron chi connectivity index (χ0n) is 13.4. The van der Waals surface area contributed by atoms with Gasteiger partial charge in [0.1, 0.15) is 0 Å². The standard InChI is InChI=1S/C17H26N2O2S/c1-14-8-9-15(12-18-14)11-16-5-4-10-19(13-16)22(20,21)17-6-2-3-7-17/h8-9,12,16-17H,2-7,10-11,13H2,1H3. The fraction of sp³-hybridized carbons (Fsp3) is 0.706. The SMILES string of the molecule is Cc1ccc(CC2CCCN(S(=O)(=O)C3CCCC3)C2)cn1. The maximum Gasteiger partial charge on any atom is 0.216 e. The first-order valence-electron chi connectivity index (χ1n) is 8.46. The minimum absolute atomic E-state index is 0.118. The van der Waals surface area contributed by atoms with Crippen LogP contribution in [-0.4, -0.2) is 36.0 Å². The van der Waals surface area contributed by atoms with Crippen LogP contribution in [0, 0.1) is 12.8 Å². The molecular weight excluding hydrogens is 296 g/mol. The van der Waals surface area contributed by atoms with Crippen LogP contribution in [0.3, 0.4) is 0 Å². The molecule has 5 heteroatoms. The molecule has 0 aromatic carbocycles. The van der Waals surface area contributed by atoms with Gasteiger partial charge in [-0.2, -0.15) is 0 Å². The molecule has 22 heavy (non-hydrogen) atoms. The second kappa shape index (κ2) is 6.67. The lowest BCUT2D eigenvalue weighted by molar-refractivity contribution is 0.263. The summed E-state index contributed by atoms with van der Waals surface area (Å²) in [6.45, 7) is 3.38. The molecule has 1 aromatic heterocycles. The number of aromatic nitrogens is 1. The highest BCUT2D eigenvalue weighted by molar-refractivity contribution is 7.89. The van der Waals surface area contributed by atoms with Gasteiger partial charge in [-0.1, -0.05) is 18.9 Å². The number of pyridine rings is 1. The van der Waals surface area contributed by atoms with Crippen LogP contribution in [0.15, 0.2) is 18.3 Å². The Balaban J connectivity index is 1.65. The van der Waals surface area contributed by atoms with Crippen molar-refractivity contribution in [1.29, 1.82) is 0 Å². The Labute approximate surface area is 134 Å². The number of piperidine rings is 1. The Bertz CT molecular complexity index is 592. The Hall–Kier alpha value is -0.940. The molecule has 0 radical (unpaired) electrons. The van der Waals surface area contributed by atoms with Crippen molar-refractivity contribution in [3.05, 3.63) is 29.6 Å². The average molecular weight is 322 g/mol. The lowest BCUT2D eigenvalue weighted by Gasteiger charge is -2.33. The highest BCUT2D eigenvalue weighted by Crippen LogP contribution is 2.30. The van der Waals surface area contributed by atoms with E-state index in [1.807, 2.05) is 19.2 Å². The predicted molar refractivity (Wildman–Crippen MR) is 88.2 cm³/mol. The van der Waals surface area contributed by atoms with Crippen LogP contribution in [-0.2, 0) is 16.4 Å². The molecule has 1 unspecified atom stereocenters. The lowest BCUT2D eigenvalue weighted by atomic mass is 9.93. The number of nitrogens with zero attached hydrogens (tertiary/aromatic N) is 2. The van der Waals surface area contributed by atoms with Crippen molar-refractivity contribution in [2.45, 2.75) is 57.1 Å². The lowest BCUT2D eigenvalue weighted by Crippen LogP contribution is -2.44. The van der Waals surface area contributed by atoms with Gasteiger partial charge in [0, 0.05) is 25.0 Å². The van der Waals surface area contributed by atoms with Gasteiger partial charge >= 0.3 is 0 Å². The maximum absolute atomic E-state index is 12.7. The molecule has 0 spiro atoms. The Morgan fingerprint density at radius 2 is 1.95 bits per heavy atom. The van der Waals surface area contributed by atoms with E-state index < -0.39 is 10.0 Å². The van der Waals surface area contributed by atoms with Gasteiger partial charge in [-0.05, 0) is 56.6 Å². The van der Waals surface area contributed by atoms with Gasteiger partial charge in [-0.15, -0.1) is 0 Å². The van der Waals surface area contributed by atoms with Crippen LogP contribution in [0.4, 0.5) is 0 Å². The zero-order chi connectivity index (χ0) is 15.6. The fourth-order valence-corrected chi connectivity index (χ4v) is 5.93. The van der Waals surface area contributed by atoms with E-state index in [4.69, 9.17) is 0 Å². The van der Waals surface area contributed by atoms with Gasteiger partial charge in [-0.3, -0.25) is 4.98 Å². The molecule has 2 aliphatic rings. The third-order valence-electron chi connectivity index (χ3n) is 5.06. The molecule has 1 aliphatic carbocycles. The summed E-state index contributed by atoms with van der Waals surface area (Å²) in [5, 5.41) is -0.118. The first-order valence-corrected chi connectivity index (χ1v) is 9.96. The van der Waals surface area contributed by atoms with Crippen LogP contribution in [0.5, 0.6) is 0 Å². The van der Waals surface area contributed by atoms with Crippen LogP contribution >= 0.6 is 0 Å². The van der Waals surface area contributed by atoms with Crippen LogP contribution in [0.2, 0.25) is 0 Å². The van der Waals surface area contributed by atoms with Gasteiger partial charge in [0.2, 0.25) is 10.0 Å². The number of hydrogen-bond donors (Lipinski definition) is 0. The molecule has 1 saturated carbocycles. The summed E-state index contributed by atoms with van der Waals surface area (Å²) in [4.78, 5) is 4.34. The molecule has 2 fully saturated rings. The van der Waals surface area contributed by atoms with Gasteiger partial charge < -0.3 is 0 Å². The molecule has 1 saturated heterocycles. The Kier molecular flexibility index (Phi) is 4.83. The van der Waals surface area contributed by atoms with E-state index in [1.54, 1.807) is 4.31 Å². The summed E-state index contributed by atoms with van der Waals surface area (Å²) in [5.41, 5.74) is 2.24. The maximum atomic E-state index is 12.7. The molecule has 0 N–H and O–H groups in total. The average Bonchev–Trinajstić information content (AvgIpc) is 3.05. The van der Waals surface area contributed by atoms with Crippen LogP contribution < -0.4 is 0 Å². The molecule has 0 amide bonds. The first kappa shape index (κ1) is 15.9. The van der Waals surface area contributed by atoms with Crippen molar-refractivity contribution >= 4 is 10.0 Å². The molecule has 0 bridgehead atoms. The summed E-state index contributed by atoms with van der Waals surface area (Å²) in [5.74, 6) is 0.425. The molecule has 1 atom stereocenters. The molecular formula is C17H26N2O2S. The number of rotatable bonds is 4. The highest BCUT2D eigenvalue weighted by atomic mass is 32.2. The quantitative estimate of drug-likeness (QED) is 0.856. The molecule has 1 aromatic rings. The van der Waals surface area contributed by atoms with Gasteiger partial charge in [0.25, 0.3) is 0 Å². The van der Waals surface area contributed by atoms with Crippen molar-refractivity contribution < 1.29 is 8.42 Å².